The van der Waals surface area contributed by atoms with Crippen molar-refractivity contribution in [3.05, 3.63) is 59.4 Å². The Morgan fingerprint density at radius 3 is 2.64 bits per heavy atom. The van der Waals surface area contributed by atoms with E-state index in [9.17, 15) is 13.2 Å². The van der Waals surface area contributed by atoms with Gasteiger partial charge in [-0.25, -0.2) is 8.42 Å². The number of aromatic nitrogens is 1. The van der Waals surface area contributed by atoms with E-state index in [2.05, 4.69) is 10.3 Å². The number of sulfonamides is 1. The molecule has 1 aliphatic carbocycles. The summed E-state index contributed by atoms with van der Waals surface area (Å²) in [4.78, 5) is 17.0. The van der Waals surface area contributed by atoms with Gasteiger partial charge in [0, 0.05) is 25.2 Å². The number of amides is 1. The molecular formula is C21H25N3O3S. The average Bonchev–Trinajstić information content (AvgIpc) is 3.21. The van der Waals surface area contributed by atoms with Crippen molar-refractivity contribution in [3.63, 3.8) is 0 Å². The molecule has 0 saturated carbocycles. The van der Waals surface area contributed by atoms with Crippen molar-refractivity contribution < 1.29 is 13.2 Å². The van der Waals surface area contributed by atoms with Gasteiger partial charge in [0.2, 0.25) is 15.9 Å². The van der Waals surface area contributed by atoms with Crippen molar-refractivity contribution in [2.45, 2.75) is 43.5 Å². The highest BCUT2D eigenvalue weighted by molar-refractivity contribution is 7.89. The van der Waals surface area contributed by atoms with Crippen LogP contribution in [0.5, 0.6) is 0 Å². The van der Waals surface area contributed by atoms with Gasteiger partial charge in [0.05, 0.1) is 17.1 Å². The standard InChI is InChI=1S/C21H25N3O3S/c25-21(23-15-19-6-1-2-11-22-19)17-9-12-24(13-10-17)28(26,27)20-8-7-16-4-3-5-18(16)14-20/h1-2,6-8,11,14,17H,3-5,9-10,12-13,15H2,(H,23,25). The normalized spacial score (nSPS) is 18.0. The van der Waals surface area contributed by atoms with Crippen molar-refractivity contribution in [2.75, 3.05) is 13.1 Å². The minimum Gasteiger partial charge on any atom is -0.350 e. The highest BCUT2D eigenvalue weighted by Crippen LogP contribution is 2.28. The molecule has 0 unspecified atom stereocenters. The Bertz CT molecular complexity index is 952. The molecule has 1 aromatic carbocycles. The SMILES string of the molecule is O=C(NCc1ccccn1)C1CCN(S(=O)(=O)c2ccc3c(c2)CCC3)CC1. The Labute approximate surface area is 166 Å². The molecule has 4 rings (SSSR count). The summed E-state index contributed by atoms with van der Waals surface area (Å²) >= 11 is 0. The van der Waals surface area contributed by atoms with Crippen LogP contribution in [0.15, 0.2) is 47.5 Å². The van der Waals surface area contributed by atoms with E-state index in [-0.39, 0.29) is 11.8 Å². The van der Waals surface area contributed by atoms with Gasteiger partial charge in [0.25, 0.3) is 0 Å². The molecule has 1 aromatic heterocycles. The maximum Gasteiger partial charge on any atom is 0.243 e. The van der Waals surface area contributed by atoms with Crippen molar-refractivity contribution in [1.29, 1.82) is 0 Å². The van der Waals surface area contributed by atoms with Gasteiger partial charge in [-0.3, -0.25) is 9.78 Å². The first-order valence-electron chi connectivity index (χ1n) is 9.83. The van der Waals surface area contributed by atoms with Crippen LogP contribution in [0.4, 0.5) is 0 Å². The summed E-state index contributed by atoms with van der Waals surface area (Å²) in [5.74, 6) is -0.185. The molecule has 2 heterocycles. The zero-order chi connectivity index (χ0) is 19.6. The number of rotatable bonds is 5. The van der Waals surface area contributed by atoms with Gasteiger partial charge < -0.3 is 5.32 Å². The summed E-state index contributed by atoms with van der Waals surface area (Å²) < 4.78 is 27.5. The van der Waals surface area contributed by atoms with E-state index in [0.717, 1.165) is 30.5 Å². The van der Waals surface area contributed by atoms with Gasteiger partial charge >= 0.3 is 0 Å². The van der Waals surface area contributed by atoms with Crippen molar-refractivity contribution in [2.24, 2.45) is 5.92 Å². The lowest BCUT2D eigenvalue weighted by molar-refractivity contribution is -0.126. The van der Waals surface area contributed by atoms with Crippen LogP contribution in [0.3, 0.4) is 0 Å². The number of nitrogens with one attached hydrogen (secondary N) is 1. The Kier molecular flexibility index (Phi) is 5.46. The Morgan fingerprint density at radius 2 is 1.89 bits per heavy atom. The van der Waals surface area contributed by atoms with E-state index in [1.807, 2.05) is 30.3 Å². The second kappa shape index (κ2) is 8.01. The summed E-state index contributed by atoms with van der Waals surface area (Å²) in [5.41, 5.74) is 3.24. The average molecular weight is 400 g/mol. The largest absolute Gasteiger partial charge is 0.350 e. The maximum absolute atomic E-state index is 13.0. The fourth-order valence-electron chi connectivity index (χ4n) is 4.04. The summed E-state index contributed by atoms with van der Waals surface area (Å²) in [6.45, 7) is 1.15. The highest BCUT2D eigenvalue weighted by Gasteiger charge is 2.32. The van der Waals surface area contributed by atoms with Gasteiger partial charge in [-0.15, -0.1) is 0 Å². The molecule has 0 radical (unpaired) electrons. The number of hydrogen-bond acceptors (Lipinski definition) is 4. The zero-order valence-electron chi connectivity index (χ0n) is 15.8. The molecule has 7 heteroatoms. The molecule has 1 N–H and O–H groups in total. The van der Waals surface area contributed by atoms with Gasteiger partial charge in [-0.1, -0.05) is 12.1 Å². The van der Waals surface area contributed by atoms with E-state index in [4.69, 9.17) is 0 Å². The Morgan fingerprint density at radius 1 is 1.11 bits per heavy atom. The number of piperidine rings is 1. The lowest BCUT2D eigenvalue weighted by atomic mass is 9.97. The molecule has 1 aliphatic heterocycles. The molecule has 0 spiro atoms. The molecule has 1 fully saturated rings. The number of benzene rings is 1. The number of carbonyl (C=O) groups is 1. The predicted molar refractivity (Wildman–Crippen MR) is 106 cm³/mol. The molecule has 148 valence electrons. The second-order valence-electron chi connectivity index (χ2n) is 7.50. The number of aryl methyl sites for hydroxylation is 2. The van der Waals surface area contributed by atoms with E-state index in [0.29, 0.717) is 37.4 Å². The summed E-state index contributed by atoms with van der Waals surface area (Å²) in [6.07, 6.45) is 5.87. The van der Waals surface area contributed by atoms with E-state index in [1.165, 1.54) is 9.87 Å². The molecule has 28 heavy (non-hydrogen) atoms. The van der Waals surface area contributed by atoms with E-state index >= 15 is 0 Å². The molecule has 1 amide bonds. The van der Waals surface area contributed by atoms with Gasteiger partial charge in [0.1, 0.15) is 0 Å². The van der Waals surface area contributed by atoms with Crippen LogP contribution >= 0.6 is 0 Å². The Balaban J connectivity index is 1.35. The quantitative estimate of drug-likeness (QED) is 0.837. The summed E-state index contributed by atoms with van der Waals surface area (Å²) in [6, 6.07) is 11.1. The minimum absolute atomic E-state index is 0.0276. The monoisotopic (exact) mass is 399 g/mol. The molecular weight excluding hydrogens is 374 g/mol. The highest BCUT2D eigenvalue weighted by atomic mass is 32.2. The third kappa shape index (κ3) is 3.95. The van der Waals surface area contributed by atoms with Crippen LogP contribution < -0.4 is 5.32 Å². The molecule has 0 atom stereocenters. The van der Waals surface area contributed by atoms with Gasteiger partial charge in [-0.05, 0) is 67.5 Å². The Hall–Kier alpha value is -2.25. The first kappa shape index (κ1) is 19.1. The minimum atomic E-state index is -3.50. The van der Waals surface area contributed by atoms with E-state index in [1.54, 1.807) is 12.3 Å². The van der Waals surface area contributed by atoms with Crippen molar-refractivity contribution >= 4 is 15.9 Å². The molecule has 2 aromatic rings. The second-order valence-corrected chi connectivity index (χ2v) is 9.44. The van der Waals surface area contributed by atoms with Crippen LogP contribution in [0.1, 0.15) is 36.1 Å². The van der Waals surface area contributed by atoms with Gasteiger partial charge in [0.15, 0.2) is 0 Å². The number of nitrogens with zero attached hydrogens (tertiary/aromatic N) is 2. The molecule has 1 saturated heterocycles. The van der Waals surface area contributed by atoms with Crippen LogP contribution in [0.2, 0.25) is 0 Å². The van der Waals surface area contributed by atoms with Crippen LogP contribution in [0.25, 0.3) is 0 Å². The first-order chi connectivity index (χ1) is 13.5. The number of pyridine rings is 1. The summed E-state index contributed by atoms with van der Waals surface area (Å²) in [5, 5.41) is 2.91. The molecule has 6 nitrogen and oxygen atoms in total. The zero-order valence-corrected chi connectivity index (χ0v) is 16.6. The number of fused-ring (bicyclic) bond motifs is 1. The van der Waals surface area contributed by atoms with Crippen LogP contribution in [0, 0.1) is 5.92 Å². The smallest absolute Gasteiger partial charge is 0.243 e. The first-order valence-corrected chi connectivity index (χ1v) is 11.3. The van der Waals surface area contributed by atoms with Crippen LogP contribution in [-0.2, 0) is 34.2 Å². The third-order valence-electron chi connectivity index (χ3n) is 5.70. The third-order valence-corrected chi connectivity index (χ3v) is 7.60. The number of hydrogen-bond donors (Lipinski definition) is 1. The maximum atomic E-state index is 13.0. The summed E-state index contributed by atoms with van der Waals surface area (Å²) in [7, 11) is -3.50. The molecule has 2 aliphatic rings. The van der Waals surface area contributed by atoms with Gasteiger partial charge in [-0.2, -0.15) is 4.31 Å². The van der Waals surface area contributed by atoms with Crippen molar-refractivity contribution in [3.8, 4) is 0 Å². The lowest BCUT2D eigenvalue weighted by Gasteiger charge is -2.30. The topological polar surface area (TPSA) is 79.4 Å². The fourth-order valence-corrected chi connectivity index (χ4v) is 5.56. The predicted octanol–water partition coefficient (Wildman–Crippen LogP) is 2.29. The number of carbonyl (C=O) groups excluding carboxylic acids is 1. The van der Waals surface area contributed by atoms with Crippen LogP contribution in [-0.4, -0.2) is 36.7 Å². The molecule has 0 bridgehead atoms. The lowest BCUT2D eigenvalue weighted by Crippen LogP contribution is -2.42. The fraction of sp³-hybridized carbons (Fsp3) is 0.429. The van der Waals surface area contributed by atoms with E-state index < -0.39 is 10.0 Å². The van der Waals surface area contributed by atoms with Crippen molar-refractivity contribution in [1.82, 2.24) is 14.6 Å².